The van der Waals surface area contributed by atoms with Crippen LogP contribution in [-0.2, 0) is 16.1 Å². The van der Waals surface area contributed by atoms with Crippen LogP contribution in [0.1, 0.15) is 52.2 Å². The van der Waals surface area contributed by atoms with Crippen molar-refractivity contribution in [2.75, 3.05) is 12.0 Å². The van der Waals surface area contributed by atoms with E-state index in [-0.39, 0.29) is 35.8 Å². The molecule has 1 atom stereocenters. The Morgan fingerprint density at radius 1 is 1.21 bits per heavy atom. The molecule has 1 aliphatic carbocycles. The van der Waals surface area contributed by atoms with Crippen LogP contribution in [0.4, 0.5) is 5.69 Å². The Morgan fingerprint density at radius 2 is 1.93 bits per heavy atom. The van der Waals surface area contributed by atoms with Crippen LogP contribution in [0.15, 0.2) is 30.3 Å². The number of carbonyl (C=O) groups excluding carboxylic acids is 3. The summed E-state index contributed by atoms with van der Waals surface area (Å²) in [6.07, 6.45) is 4.11. The average molecular weight is 396 g/mol. The fraction of sp³-hybridized carbons (Fsp3) is 0.429. The van der Waals surface area contributed by atoms with Crippen LogP contribution in [0.3, 0.4) is 0 Å². The normalized spacial score (nSPS) is 19.2. The summed E-state index contributed by atoms with van der Waals surface area (Å²) in [6, 6.07) is 8.28. The second-order valence-corrected chi connectivity index (χ2v) is 7.56. The van der Waals surface area contributed by atoms with Gasteiger partial charge in [0, 0.05) is 17.8 Å². The van der Waals surface area contributed by atoms with E-state index in [2.05, 4.69) is 10.4 Å². The van der Waals surface area contributed by atoms with E-state index in [0.717, 1.165) is 31.2 Å². The van der Waals surface area contributed by atoms with Gasteiger partial charge in [-0.2, -0.15) is 5.10 Å². The zero-order valence-electron chi connectivity index (χ0n) is 16.6. The van der Waals surface area contributed by atoms with Crippen LogP contribution >= 0.6 is 0 Å². The molecule has 2 aliphatic rings. The van der Waals surface area contributed by atoms with Gasteiger partial charge >= 0.3 is 5.97 Å². The number of anilines is 1. The Labute approximate surface area is 168 Å². The molecule has 0 saturated heterocycles. The molecule has 8 heteroatoms. The maximum absolute atomic E-state index is 13.4. The molecule has 4 rings (SSSR count). The third kappa shape index (κ3) is 3.50. The minimum Gasteiger partial charge on any atom is -0.464 e. The van der Waals surface area contributed by atoms with Gasteiger partial charge < -0.3 is 10.1 Å². The fourth-order valence-corrected chi connectivity index (χ4v) is 4.12. The molecule has 2 heterocycles. The summed E-state index contributed by atoms with van der Waals surface area (Å²) < 4.78 is 6.16. The summed E-state index contributed by atoms with van der Waals surface area (Å²) in [6.45, 7) is 2.07. The molecule has 2 aromatic rings. The summed E-state index contributed by atoms with van der Waals surface area (Å²) in [5, 5.41) is 7.30. The predicted molar refractivity (Wildman–Crippen MR) is 106 cm³/mol. The second-order valence-electron chi connectivity index (χ2n) is 7.56. The lowest BCUT2D eigenvalue weighted by atomic mass is 10.1. The first kappa shape index (κ1) is 19.2. The smallest absolute Gasteiger partial charge is 0.358 e. The number of hydrogen-bond donors (Lipinski definition) is 1. The number of ether oxygens (including phenoxy) is 1. The van der Waals surface area contributed by atoms with Gasteiger partial charge in [-0.15, -0.1) is 0 Å². The van der Waals surface area contributed by atoms with Crippen molar-refractivity contribution in [3.63, 3.8) is 0 Å². The molecule has 29 heavy (non-hydrogen) atoms. The Hall–Kier alpha value is -3.16. The highest BCUT2D eigenvalue weighted by Gasteiger charge is 2.40. The Balaban J connectivity index is 1.73. The molecule has 2 amide bonds. The lowest BCUT2D eigenvalue weighted by Crippen LogP contribution is -2.57. The van der Waals surface area contributed by atoms with Crippen LogP contribution in [0.25, 0.3) is 0 Å². The van der Waals surface area contributed by atoms with E-state index in [4.69, 9.17) is 4.74 Å². The second kappa shape index (κ2) is 7.69. The molecular formula is C21H24N4O4. The highest BCUT2D eigenvalue weighted by molar-refractivity contribution is 6.11. The van der Waals surface area contributed by atoms with Gasteiger partial charge in [-0.25, -0.2) is 4.79 Å². The van der Waals surface area contributed by atoms with Gasteiger partial charge in [-0.1, -0.05) is 31.0 Å². The van der Waals surface area contributed by atoms with Gasteiger partial charge in [0.25, 0.3) is 5.91 Å². The van der Waals surface area contributed by atoms with Crippen molar-refractivity contribution in [3.05, 3.63) is 47.3 Å². The number of nitrogens with zero attached hydrogens (tertiary/aromatic N) is 3. The predicted octanol–water partition coefficient (Wildman–Crippen LogP) is 2.07. The Kier molecular flexibility index (Phi) is 5.08. The number of esters is 1. The minimum atomic E-state index is -0.748. The fourth-order valence-electron chi connectivity index (χ4n) is 4.12. The molecule has 8 nitrogen and oxygen atoms in total. The van der Waals surface area contributed by atoms with Crippen LogP contribution < -0.4 is 10.2 Å². The van der Waals surface area contributed by atoms with Crippen molar-refractivity contribution in [1.82, 2.24) is 15.1 Å². The maximum atomic E-state index is 13.4. The van der Waals surface area contributed by atoms with E-state index < -0.39 is 12.0 Å². The SMILES string of the molecule is COC(=O)c1cc2n(n1)CC(C(=O)NC1CCCC1)N(c1ccccc1C)C2=O. The molecule has 0 spiro atoms. The van der Waals surface area contributed by atoms with Gasteiger partial charge in [0.15, 0.2) is 5.69 Å². The number of rotatable bonds is 4. The largest absolute Gasteiger partial charge is 0.464 e. The molecule has 0 bridgehead atoms. The molecular weight excluding hydrogens is 372 g/mol. The number of carbonyl (C=O) groups is 3. The van der Waals surface area contributed by atoms with Crippen molar-refractivity contribution in [3.8, 4) is 0 Å². The van der Waals surface area contributed by atoms with Gasteiger partial charge in [-0.3, -0.25) is 19.2 Å². The number of methoxy groups -OCH3 is 1. The summed E-state index contributed by atoms with van der Waals surface area (Å²) >= 11 is 0. The van der Waals surface area contributed by atoms with Crippen molar-refractivity contribution < 1.29 is 19.1 Å². The third-order valence-electron chi connectivity index (χ3n) is 5.65. The number of fused-ring (bicyclic) bond motifs is 1. The highest BCUT2D eigenvalue weighted by atomic mass is 16.5. The van der Waals surface area contributed by atoms with E-state index >= 15 is 0 Å². The summed E-state index contributed by atoms with van der Waals surface area (Å²) in [5.74, 6) is -1.18. The Morgan fingerprint density at radius 3 is 2.62 bits per heavy atom. The lowest BCUT2D eigenvalue weighted by Gasteiger charge is -2.36. The number of hydrogen-bond acceptors (Lipinski definition) is 5. The van der Waals surface area contributed by atoms with Crippen molar-refractivity contribution in [2.45, 2.75) is 51.2 Å². The lowest BCUT2D eigenvalue weighted by molar-refractivity contribution is -0.123. The number of benzene rings is 1. The average Bonchev–Trinajstić information content (AvgIpc) is 3.38. The van der Waals surface area contributed by atoms with E-state index in [1.54, 1.807) is 0 Å². The maximum Gasteiger partial charge on any atom is 0.358 e. The molecule has 1 aliphatic heterocycles. The van der Waals surface area contributed by atoms with Gasteiger partial charge in [0.1, 0.15) is 11.7 Å². The number of amides is 2. The molecule has 1 aromatic heterocycles. The molecule has 0 radical (unpaired) electrons. The standard InChI is InChI=1S/C21H24N4O4/c1-13-7-3-6-10-16(13)25-18(19(26)22-14-8-4-5-9-14)12-24-17(20(25)27)11-15(23-24)21(28)29-2/h3,6-7,10-11,14,18H,4-5,8-9,12H2,1-2H3,(H,22,26). The number of para-hydroxylation sites is 1. The van der Waals surface area contributed by atoms with Crippen molar-refractivity contribution in [1.29, 1.82) is 0 Å². The van der Waals surface area contributed by atoms with E-state index in [0.29, 0.717) is 5.69 Å². The number of aryl methyl sites for hydroxylation is 1. The molecule has 1 unspecified atom stereocenters. The summed E-state index contributed by atoms with van der Waals surface area (Å²) in [5.41, 5.74) is 1.88. The van der Waals surface area contributed by atoms with Crippen LogP contribution in [0.2, 0.25) is 0 Å². The molecule has 1 saturated carbocycles. The summed E-state index contributed by atoms with van der Waals surface area (Å²) in [4.78, 5) is 40.0. The van der Waals surface area contributed by atoms with E-state index in [9.17, 15) is 14.4 Å². The van der Waals surface area contributed by atoms with E-state index in [1.807, 2.05) is 31.2 Å². The van der Waals surface area contributed by atoms with Gasteiger partial charge in [-0.05, 0) is 31.4 Å². The quantitative estimate of drug-likeness (QED) is 0.799. The molecule has 152 valence electrons. The zero-order valence-corrected chi connectivity index (χ0v) is 16.6. The molecule has 1 aromatic carbocycles. The Bertz CT molecular complexity index is 961. The van der Waals surface area contributed by atoms with Gasteiger partial charge in [0.2, 0.25) is 5.91 Å². The first-order chi connectivity index (χ1) is 14.0. The number of aromatic nitrogens is 2. The topological polar surface area (TPSA) is 93.5 Å². The zero-order chi connectivity index (χ0) is 20.5. The van der Waals surface area contributed by atoms with Gasteiger partial charge in [0.05, 0.1) is 13.7 Å². The monoisotopic (exact) mass is 396 g/mol. The molecule has 1 fully saturated rings. The van der Waals surface area contributed by atoms with E-state index in [1.165, 1.54) is 22.8 Å². The van der Waals surface area contributed by atoms with Crippen LogP contribution in [0, 0.1) is 6.92 Å². The van der Waals surface area contributed by atoms with Crippen molar-refractivity contribution in [2.24, 2.45) is 0 Å². The minimum absolute atomic E-state index is 0.0532. The first-order valence-corrected chi connectivity index (χ1v) is 9.85. The number of nitrogens with one attached hydrogen (secondary N) is 1. The third-order valence-corrected chi connectivity index (χ3v) is 5.65. The molecule has 1 N–H and O–H groups in total. The van der Waals surface area contributed by atoms with Crippen LogP contribution in [-0.4, -0.2) is 46.8 Å². The van der Waals surface area contributed by atoms with Crippen LogP contribution in [0.5, 0.6) is 0 Å². The summed E-state index contributed by atoms with van der Waals surface area (Å²) in [7, 11) is 1.26. The highest BCUT2D eigenvalue weighted by Crippen LogP contribution is 2.29. The van der Waals surface area contributed by atoms with Crippen molar-refractivity contribution >= 4 is 23.5 Å². The first-order valence-electron chi connectivity index (χ1n) is 9.85.